The molecule has 3 rings (SSSR count). The maximum Gasteiger partial charge on any atom is 0.191 e. The van der Waals surface area contributed by atoms with E-state index in [1.165, 1.54) is 50.1 Å². The Labute approximate surface area is 183 Å². The van der Waals surface area contributed by atoms with Gasteiger partial charge in [-0.2, -0.15) is 0 Å². The van der Waals surface area contributed by atoms with E-state index in [0.29, 0.717) is 12.1 Å². The van der Waals surface area contributed by atoms with Gasteiger partial charge in [-0.25, -0.2) is 0 Å². The van der Waals surface area contributed by atoms with E-state index in [4.69, 9.17) is 0 Å². The first kappa shape index (κ1) is 23.0. The zero-order valence-electron chi connectivity index (χ0n) is 19.5. The second-order valence-corrected chi connectivity index (χ2v) is 8.95. The molecule has 0 saturated carbocycles. The van der Waals surface area contributed by atoms with Crippen molar-refractivity contribution in [2.45, 2.75) is 58.8 Å². The molecule has 1 aromatic carbocycles. The molecule has 1 aromatic rings. The molecule has 0 spiro atoms. The molecule has 2 fully saturated rings. The number of nitrogens with zero attached hydrogens (tertiary/aromatic N) is 4. The highest BCUT2D eigenvalue weighted by Crippen LogP contribution is 2.15. The average Bonchev–Trinajstić information content (AvgIpc) is 2.78. The third kappa shape index (κ3) is 6.69. The summed E-state index contributed by atoms with van der Waals surface area (Å²) >= 11 is 0. The van der Waals surface area contributed by atoms with Crippen LogP contribution in [0.25, 0.3) is 0 Å². The SMILES string of the molecule is CCN1CCN(Cc2ccccc2CNC(=NC)NC2CCN(C(C)C)CC2)CC1. The molecule has 0 amide bonds. The molecule has 6 heteroatoms. The van der Waals surface area contributed by atoms with Crippen LogP contribution in [0.3, 0.4) is 0 Å². The van der Waals surface area contributed by atoms with Crippen LogP contribution in [0.5, 0.6) is 0 Å². The summed E-state index contributed by atoms with van der Waals surface area (Å²) in [4.78, 5) is 12.2. The average molecular weight is 415 g/mol. The molecule has 2 N–H and O–H groups in total. The topological polar surface area (TPSA) is 46.1 Å². The van der Waals surface area contributed by atoms with E-state index in [-0.39, 0.29) is 0 Å². The Balaban J connectivity index is 1.49. The zero-order chi connectivity index (χ0) is 21.3. The second-order valence-electron chi connectivity index (χ2n) is 8.95. The fourth-order valence-electron chi connectivity index (χ4n) is 4.52. The molecule has 0 radical (unpaired) electrons. The molecule has 0 aromatic heterocycles. The molecule has 0 atom stereocenters. The summed E-state index contributed by atoms with van der Waals surface area (Å²) in [7, 11) is 1.87. The van der Waals surface area contributed by atoms with E-state index in [1.807, 2.05) is 7.05 Å². The Kier molecular flexibility index (Phi) is 8.97. The number of benzene rings is 1. The number of hydrogen-bond donors (Lipinski definition) is 2. The van der Waals surface area contributed by atoms with E-state index < -0.39 is 0 Å². The van der Waals surface area contributed by atoms with Gasteiger partial charge in [-0.15, -0.1) is 0 Å². The van der Waals surface area contributed by atoms with Gasteiger partial charge in [0.2, 0.25) is 0 Å². The van der Waals surface area contributed by atoms with Crippen LogP contribution in [0.1, 0.15) is 44.7 Å². The van der Waals surface area contributed by atoms with Crippen molar-refractivity contribution in [2.24, 2.45) is 4.99 Å². The van der Waals surface area contributed by atoms with Gasteiger partial charge in [0.05, 0.1) is 0 Å². The molecule has 2 saturated heterocycles. The van der Waals surface area contributed by atoms with Crippen LogP contribution in [0.2, 0.25) is 0 Å². The highest BCUT2D eigenvalue weighted by atomic mass is 15.3. The molecule has 2 aliphatic heterocycles. The van der Waals surface area contributed by atoms with Crippen LogP contribution in [-0.2, 0) is 13.1 Å². The number of aliphatic imine (C=N–C) groups is 1. The van der Waals surface area contributed by atoms with Crippen molar-refractivity contribution in [3.63, 3.8) is 0 Å². The van der Waals surface area contributed by atoms with Gasteiger partial charge >= 0.3 is 0 Å². The summed E-state index contributed by atoms with van der Waals surface area (Å²) in [5.41, 5.74) is 2.80. The number of piperazine rings is 1. The lowest BCUT2D eigenvalue weighted by Crippen LogP contribution is -2.49. The monoisotopic (exact) mass is 414 g/mol. The first-order valence-electron chi connectivity index (χ1n) is 11.8. The molecule has 30 heavy (non-hydrogen) atoms. The molecular weight excluding hydrogens is 372 g/mol. The van der Waals surface area contributed by atoms with Crippen molar-refractivity contribution in [2.75, 3.05) is 52.9 Å². The third-order valence-corrected chi connectivity index (χ3v) is 6.70. The third-order valence-electron chi connectivity index (χ3n) is 6.70. The summed E-state index contributed by atoms with van der Waals surface area (Å²) in [6.07, 6.45) is 2.36. The quantitative estimate of drug-likeness (QED) is 0.530. The van der Waals surface area contributed by atoms with Crippen molar-refractivity contribution in [1.29, 1.82) is 0 Å². The fourth-order valence-corrected chi connectivity index (χ4v) is 4.52. The van der Waals surface area contributed by atoms with E-state index in [2.05, 4.69) is 75.4 Å². The van der Waals surface area contributed by atoms with Crippen molar-refractivity contribution >= 4 is 5.96 Å². The van der Waals surface area contributed by atoms with Gasteiger partial charge in [-0.1, -0.05) is 31.2 Å². The minimum atomic E-state index is 0.510. The first-order valence-corrected chi connectivity index (χ1v) is 11.8. The summed E-state index contributed by atoms with van der Waals surface area (Å²) in [6.45, 7) is 16.9. The van der Waals surface area contributed by atoms with Gasteiger partial charge in [-0.3, -0.25) is 9.89 Å². The summed E-state index contributed by atoms with van der Waals surface area (Å²) in [5, 5.41) is 7.20. The van der Waals surface area contributed by atoms with Crippen LogP contribution in [0, 0.1) is 0 Å². The van der Waals surface area contributed by atoms with Crippen LogP contribution < -0.4 is 10.6 Å². The molecule has 2 heterocycles. The molecule has 0 bridgehead atoms. The second kappa shape index (κ2) is 11.7. The minimum Gasteiger partial charge on any atom is -0.354 e. The van der Waals surface area contributed by atoms with Gasteiger partial charge in [0.1, 0.15) is 0 Å². The van der Waals surface area contributed by atoms with Crippen molar-refractivity contribution in [3.8, 4) is 0 Å². The number of guanidine groups is 1. The van der Waals surface area contributed by atoms with Gasteiger partial charge in [0.25, 0.3) is 0 Å². The molecule has 168 valence electrons. The van der Waals surface area contributed by atoms with Crippen LogP contribution in [0.15, 0.2) is 29.3 Å². The number of hydrogen-bond acceptors (Lipinski definition) is 4. The van der Waals surface area contributed by atoms with Crippen LogP contribution in [0.4, 0.5) is 0 Å². The van der Waals surface area contributed by atoms with Crippen molar-refractivity contribution in [3.05, 3.63) is 35.4 Å². The molecule has 0 aliphatic carbocycles. The van der Waals surface area contributed by atoms with Gasteiger partial charge in [0.15, 0.2) is 5.96 Å². The van der Waals surface area contributed by atoms with Gasteiger partial charge in [0, 0.05) is 71.5 Å². The van der Waals surface area contributed by atoms with E-state index in [0.717, 1.165) is 38.7 Å². The number of likely N-dealkylation sites (tertiary alicyclic amines) is 1. The zero-order valence-corrected chi connectivity index (χ0v) is 19.5. The number of nitrogens with one attached hydrogen (secondary N) is 2. The van der Waals surface area contributed by atoms with Crippen molar-refractivity contribution in [1.82, 2.24) is 25.3 Å². The maximum atomic E-state index is 4.48. The van der Waals surface area contributed by atoms with Gasteiger partial charge < -0.3 is 20.4 Å². The molecule has 6 nitrogen and oxygen atoms in total. The lowest BCUT2D eigenvalue weighted by molar-refractivity contribution is 0.131. The van der Waals surface area contributed by atoms with E-state index in [9.17, 15) is 0 Å². The molecule has 2 aliphatic rings. The Hall–Kier alpha value is -1.63. The predicted octanol–water partition coefficient (Wildman–Crippen LogP) is 2.36. The normalized spacial score (nSPS) is 20.6. The Morgan fingerprint density at radius 1 is 1.00 bits per heavy atom. The highest BCUT2D eigenvalue weighted by molar-refractivity contribution is 5.80. The van der Waals surface area contributed by atoms with E-state index in [1.54, 1.807) is 0 Å². The van der Waals surface area contributed by atoms with Gasteiger partial charge in [-0.05, 0) is 44.4 Å². The first-order chi connectivity index (χ1) is 14.6. The number of rotatable bonds is 7. The van der Waals surface area contributed by atoms with Crippen LogP contribution in [-0.4, -0.2) is 85.6 Å². The number of piperidine rings is 1. The highest BCUT2D eigenvalue weighted by Gasteiger charge is 2.21. The Morgan fingerprint density at radius 3 is 2.23 bits per heavy atom. The lowest BCUT2D eigenvalue weighted by Gasteiger charge is -2.35. The van der Waals surface area contributed by atoms with E-state index >= 15 is 0 Å². The lowest BCUT2D eigenvalue weighted by atomic mass is 10.0. The molecule has 0 unspecified atom stereocenters. The Morgan fingerprint density at radius 2 is 1.63 bits per heavy atom. The molecular formula is C24H42N6. The minimum absolute atomic E-state index is 0.510. The summed E-state index contributed by atoms with van der Waals surface area (Å²) in [6, 6.07) is 9.99. The largest absolute Gasteiger partial charge is 0.354 e. The smallest absolute Gasteiger partial charge is 0.191 e. The van der Waals surface area contributed by atoms with Crippen LogP contribution >= 0.6 is 0 Å². The predicted molar refractivity (Wildman–Crippen MR) is 127 cm³/mol. The standard InChI is InChI=1S/C24H42N6/c1-5-28-14-16-29(17-15-28)19-22-9-7-6-8-21(22)18-26-24(25-4)27-23-10-12-30(13-11-23)20(2)3/h6-9,20,23H,5,10-19H2,1-4H3,(H2,25,26,27). The Bertz CT molecular complexity index is 657. The maximum absolute atomic E-state index is 4.48. The number of likely N-dealkylation sites (N-methyl/N-ethyl adjacent to an activating group) is 1. The summed E-state index contributed by atoms with van der Waals surface area (Å²) in [5.74, 6) is 0.921. The fraction of sp³-hybridized carbons (Fsp3) is 0.708. The van der Waals surface area contributed by atoms with Crippen molar-refractivity contribution < 1.29 is 0 Å². The summed E-state index contributed by atoms with van der Waals surface area (Å²) < 4.78 is 0.